The molecule has 1 aliphatic rings. The Kier molecular flexibility index (Phi) is 3.77. The lowest BCUT2D eigenvalue weighted by Gasteiger charge is -2.13. The third kappa shape index (κ3) is 2.65. The van der Waals surface area contributed by atoms with Crippen molar-refractivity contribution in [2.75, 3.05) is 13.2 Å². The zero-order valence-electron chi connectivity index (χ0n) is 10.00. The van der Waals surface area contributed by atoms with Gasteiger partial charge >= 0.3 is 7.60 Å². The molecule has 2 rings (SSSR count). The lowest BCUT2D eigenvalue weighted by atomic mass is 10.1. The summed E-state index contributed by atoms with van der Waals surface area (Å²) in [6.45, 7) is 4.31. The zero-order valence-corrected chi connectivity index (χ0v) is 10.9. The predicted molar refractivity (Wildman–Crippen MR) is 67.5 cm³/mol. The highest BCUT2D eigenvalue weighted by molar-refractivity contribution is 7.73. The second-order valence-electron chi connectivity index (χ2n) is 3.63. The minimum atomic E-state index is -3.15. The van der Waals surface area contributed by atoms with E-state index >= 15 is 0 Å². The van der Waals surface area contributed by atoms with Crippen molar-refractivity contribution in [3.05, 3.63) is 35.9 Å². The second kappa shape index (κ2) is 5.13. The summed E-state index contributed by atoms with van der Waals surface area (Å²) in [6, 6.07) is 9.61. The van der Waals surface area contributed by atoms with E-state index in [2.05, 4.69) is 4.99 Å². The van der Waals surface area contributed by atoms with E-state index in [0.29, 0.717) is 18.7 Å². The monoisotopic (exact) mass is 253 g/mol. The molecule has 0 bridgehead atoms. The number of hydrogen-bond acceptors (Lipinski definition) is 4. The van der Waals surface area contributed by atoms with Gasteiger partial charge in [-0.05, 0) is 19.4 Å². The average molecular weight is 253 g/mol. The first-order valence-electron chi connectivity index (χ1n) is 5.73. The minimum Gasteiger partial charge on any atom is -0.305 e. The zero-order chi connectivity index (χ0) is 12.3. The molecule has 0 spiro atoms. The highest BCUT2D eigenvalue weighted by Crippen LogP contribution is 2.59. The van der Waals surface area contributed by atoms with Gasteiger partial charge in [0.15, 0.2) is 5.45 Å². The Morgan fingerprint density at radius 3 is 2.29 bits per heavy atom. The van der Waals surface area contributed by atoms with Crippen LogP contribution in [0.2, 0.25) is 0 Å². The van der Waals surface area contributed by atoms with Gasteiger partial charge in [0.25, 0.3) is 0 Å². The molecule has 0 aromatic heterocycles. The summed E-state index contributed by atoms with van der Waals surface area (Å²) >= 11 is 0. The predicted octanol–water partition coefficient (Wildman–Crippen LogP) is 3.41. The van der Waals surface area contributed by atoms with Crippen LogP contribution in [0.1, 0.15) is 25.5 Å². The normalized spacial score (nSPS) is 18.9. The lowest BCUT2D eigenvalue weighted by Crippen LogP contribution is -2.02. The topological polar surface area (TPSA) is 47.9 Å². The van der Waals surface area contributed by atoms with Gasteiger partial charge in [-0.15, -0.1) is 0 Å². The molecular formula is C12H16NO3P. The Morgan fingerprint density at radius 1 is 1.18 bits per heavy atom. The van der Waals surface area contributed by atoms with E-state index in [1.165, 1.54) is 0 Å². The van der Waals surface area contributed by atoms with Gasteiger partial charge in [0, 0.05) is 0 Å². The van der Waals surface area contributed by atoms with Gasteiger partial charge in [-0.25, -0.2) is 0 Å². The van der Waals surface area contributed by atoms with Gasteiger partial charge in [-0.1, -0.05) is 30.3 Å². The van der Waals surface area contributed by atoms with Gasteiger partial charge < -0.3 is 9.05 Å². The SMILES string of the molecule is CCOP(=O)(OCC)C1=N[C@@H]1c1ccccc1. The van der Waals surface area contributed by atoms with Crippen LogP contribution >= 0.6 is 7.60 Å². The van der Waals surface area contributed by atoms with Gasteiger partial charge in [-0.2, -0.15) is 0 Å². The largest absolute Gasteiger partial charge is 0.377 e. The third-order valence-electron chi connectivity index (χ3n) is 2.43. The third-order valence-corrected chi connectivity index (χ3v) is 4.55. The minimum absolute atomic E-state index is 0.125. The first kappa shape index (κ1) is 12.5. The van der Waals surface area contributed by atoms with Crippen molar-refractivity contribution in [1.29, 1.82) is 0 Å². The molecule has 0 fully saturated rings. The van der Waals surface area contributed by atoms with E-state index < -0.39 is 7.60 Å². The highest BCUT2D eigenvalue weighted by Gasteiger charge is 2.46. The van der Waals surface area contributed by atoms with Crippen LogP contribution in [0, 0.1) is 0 Å². The van der Waals surface area contributed by atoms with Crippen molar-refractivity contribution in [2.45, 2.75) is 19.9 Å². The number of nitrogens with zero attached hydrogens (tertiary/aromatic N) is 1. The molecule has 0 radical (unpaired) electrons. The van der Waals surface area contributed by atoms with Crippen LogP contribution in [0.5, 0.6) is 0 Å². The fourth-order valence-corrected chi connectivity index (χ4v) is 3.41. The van der Waals surface area contributed by atoms with E-state index in [1.807, 2.05) is 30.3 Å². The van der Waals surface area contributed by atoms with Crippen molar-refractivity contribution < 1.29 is 13.6 Å². The maximum absolute atomic E-state index is 12.4. The average Bonchev–Trinajstić information content (AvgIpc) is 3.11. The summed E-state index contributed by atoms with van der Waals surface area (Å²) in [5.41, 5.74) is 1.58. The Hall–Kier alpha value is -0.960. The molecule has 5 heteroatoms. The van der Waals surface area contributed by atoms with E-state index in [9.17, 15) is 4.57 Å². The molecule has 1 heterocycles. The number of hydrogen-bond donors (Lipinski definition) is 0. The number of benzene rings is 1. The fourth-order valence-electron chi connectivity index (χ4n) is 1.68. The molecular weight excluding hydrogens is 237 g/mol. The fraction of sp³-hybridized carbons (Fsp3) is 0.417. The quantitative estimate of drug-likeness (QED) is 0.730. The molecule has 0 unspecified atom stereocenters. The number of aliphatic imine (C=N–C) groups is 1. The summed E-state index contributed by atoms with van der Waals surface area (Å²) in [4.78, 5) is 4.24. The Labute approximate surface area is 101 Å². The first-order chi connectivity index (χ1) is 8.21. The van der Waals surface area contributed by atoms with Crippen molar-refractivity contribution in [1.82, 2.24) is 0 Å². The molecule has 0 saturated carbocycles. The highest BCUT2D eigenvalue weighted by atomic mass is 31.2. The van der Waals surface area contributed by atoms with E-state index in [-0.39, 0.29) is 6.04 Å². The smallest absolute Gasteiger partial charge is 0.305 e. The first-order valence-corrected chi connectivity index (χ1v) is 7.28. The van der Waals surface area contributed by atoms with Crippen LogP contribution in [0.4, 0.5) is 0 Å². The molecule has 4 nitrogen and oxygen atoms in total. The summed E-state index contributed by atoms with van der Waals surface area (Å²) < 4.78 is 22.9. The van der Waals surface area contributed by atoms with Crippen LogP contribution in [-0.4, -0.2) is 18.7 Å². The number of rotatable bonds is 6. The van der Waals surface area contributed by atoms with Crippen molar-refractivity contribution >= 4 is 13.0 Å². The molecule has 0 N–H and O–H groups in total. The second-order valence-corrected chi connectivity index (χ2v) is 5.60. The summed E-state index contributed by atoms with van der Waals surface area (Å²) in [5.74, 6) is 0. The Bertz CT molecular complexity index is 448. The van der Waals surface area contributed by atoms with Crippen LogP contribution < -0.4 is 0 Å². The summed E-state index contributed by atoms with van der Waals surface area (Å²) in [6.07, 6.45) is 0. The van der Waals surface area contributed by atoms with Gasteiger partial charge in [0.1, 0.15) is 6.04 Å². The van der Waals surface area contributed by atoms with E-state index in [4.69, 9.17) is 9.05 Å². The maximum Gasteiger partial charge on any atom is 0.377 e. The molecule has 0 amide bonds. The molecule has 0 saturated heterocycles. The van der Waals surface area contributed by atoms with Crippen LogP contribution in [-0.2, 0) is 13.6 Å². The maximum atomic E-state index is 12.4. The molecule has 1 aromatic rings. The van der Waals surface area contributed by atoms with Crippen molar-refractivity contribution in [2.24, 2.45) is 4.99 Å². The van der Waals surface area contributed by atoms with Crippen molar-refractivity contribution in [3.63, 3.8) is 0 Å². The van der Waals surface area contributed by atoms with Crippen LogP contribution in [0.3, 0.4) is 0 Å². The van der Waals surface area contributed by atoms with Gasteiger partial charge in [0.2, 0.25) is 0 Å². The molecule has 1 aliphatic heterocycles. The Morgan fingerprint density at radius 2 is 1.76 bits per heavy atom. The van der Waals surface area contributed by atoms with Gasteiger partial charge in [0.05, 0.1) is 13.2 Å². The van der Waals surface area contributed by atoms with E-state index in [1.54, 1.807) is 13.8 Å². The molecule has 92 valence electrons. The van der Waals surface area contributed by atoms with Crippen molar-refractivity contribution in [3.8, 4) is 0 Å². The van der Waals surface area contributed by atoms with Gasteiger partial charge in [-0.3, -0.25) is 9.56 Å². The summed E-state index contributed by atoms with van der Waals surface area (Å²) in [7, 11) is -3.15. The standard InChI is InChI=1S/C12H16NO3P/c1-3-15-17(14,16-4-2)12-11(13-12)10-8-6-5-7-9-10/h5-9,11H,3-4H2,1-2H3/t11-/m1/s1. The molecule has 1 aromatic carbocycles. The van der Waals surface area contributed by atoms with E-state index in [0.717, 1.165) is 5.56 Å². The van der Waals surface area contributed by atoms with Crippen LogP contribution in [0.25, 0.3) is 0 Å². The molecule has 0 aliphatic carbocycles. The Balaban J connectivity index is 2.10. The molecule has 17 heavy (non-hydrogen) atoms. The molecule has 1 atom stereocenters. The van der Waals surface area contributed by atoms with Crippen LogP contribution in [0.15, 0.2) is 35.3 Å². The lowest BCUT2D eigenvalue weighted by molar-refractivity contribution is 0.233. The summed E-state index contributed by atoms with van der Waals surface area (Å²) in [5, 5.41) is 0.